The lowest BCUT2D eigenvalue weighted by atomic mass is 10.0. The Labute approximate surface area is 104 Å². The molecule has 0 aromatic carbocycles. The van der Waals surface area contributed by atoms with Gasteiger partial charge in [-0.2, -0.15) is 0 Å². The molecule has 2 heterocycles. The average molecular weight is 239 g/mol. The van der Waals surface area contributed by atoms with Crippen molar-refractivity contribution in [2.24, 2.45) is 5.92 Å². The smallest absolute Gasteiger partial charge is 0.236 e. The summed E-state index contributed by atoms with van der Waals surface area (Å²) in [4.78, 5) is 16.5. The fraction of sp³-hybridized carbons (Fsp3) is 0.923. The highest BCUT2D eigenvalue weighted by molar-refractivity contribution is 5.78. The number of hydrogen-bond donors (Lipinski definition) is 1. The van der Waals surface area contributed by atoms with Crippen molar-refractivity contribution in [2.75, 3.05) is 45.8 Å². The predicted molar refractivity (Wildman–Crippen MR) is 68.9 cm³/mol. The molecule has 1 unspecified atom stereocenters. The number of amides is 1. The highest BCUT2D eigenvalue weighted by Gasteiger charge is 2.22. The van der Waals surface area contributed by atoms with Crippen molar-refractivity contribution in [2.45, 2.75) is 26.2 Å². The molecule has 2 aliphatic heterocycles. The van der Waals surface area contributed by atoms with Crippen LogP contribution in [0.2, 0.25) is 0 Å². The standard InChI is InChI=1S/C13H25N3O/c1-12-4-2-8-16(10-12)13(17)11-15-7-3-5-14-6-9-15/h12,14H,2-11H2,1H3. The molecule has 0 bridgehead atoms. The summed E-state index contributed by atoms with van der Waals surface area (Å²) in [5.74, 6) is 1.01. The van der Waals surface area contributed by atoms with Crippen molar-refractivity contribution < 1.29 is 4.79 Å². The third-order valence-electron chi connectivity index (χ3n) is 3.80. The second-order valence-corrected chi connectivity index (χ2v) is 5.47. The van der Waals surface area contributed by atoms with Gasteiger partial charge in [-0.3, -0.25) is 9.69 Å². The first-order valence-corrected chi connectivity index (χ1v) is 6.96. The van der Waals surface area contributed by atoms with Crippen LogP contribution >= 0.6 is 0 Å². The van der Waals surface area contributed by atoms with E-state index in [9.17, 15) is 4.79 Å². The summed E-state index contributed by atoms with van der Waals surface area (Å²) in [6, 6.07) is 0. The van der Waals surface area contributed by atoms with Gasteiger partial charge in [0, 0.05) is 26.2 Å². The Bertz CT molecular complexity index is 249. The van der Waals surface area contributed by atoms with E-state index in [1.807, 2.05) is 0 Å². The first-order valence-electron chi connectivity index (χ1n) is 6.96. The number of nitrogens with one attached hydrogen (secondary N) is 1. The molecule has 4 nitrogen and oxygen atoms in total. The third-order valence-corrected chi connectivity index (χ3v) is 3.80. The van der Waals surface area contributed by atoms with E-state index < -0.39 is 0 Å². The molecule has 0 aromatic rings. The van der Waals surface area contributed by atoms with Crippen LogP contribution in [0.1, 0.15) is 26.2 Å². The van der Waals surface area contributed by atoms with Crippen molar-refractivity contribution in [3.63, 3.8) is 0 Å². The van der Waals surface area contributed by atoms with Crippen molar-refractivity contribution in [1.29, 1.82) is 0 Å². The van der Waals surface area contributed by atoms with Gasteiger partial charge in [-0.25, -0.2) is 0 Å². The molecule has 1 N–H and O–H groups in total. The monoisotopic (exact) mass is 239 g/mol. The minimum Gasteiger partial charge on any atom is -0.341 e. The summed E-state index contributed by atoms with van der Waals surface area (Å²) < 4.78 is 0. The van der Waals surface area contributed by atoms with Crippen molar-refractivity contribution in [1.82, 2.24) is 15.1 Å². The van der Waals surface area contributed by atoms with Crippen LogP contribution in [-0.2, 0) is 4.79 Å². The number of piperidine rings is 1. The normalized spacial score (nSPS) is 27.8. The van der Waals surface area contributed by atoms with Crippen LogP contribution in [0.4, 0.5) is 0 Å². The largest absolute Gasteiger partial charge is 0.341 e. The average Bonchev–Trinajstić information content (AvgIpc) is 2.57. The summed E-state index contributed by atoms with van der Waals surface area (Å²) in [5.41, 5.74) is 0. The predicted octanol–water partition coefficient (Wildman–Crippen LogP) is 0.540. The number of carbonyl (C=O) groups excluding carboxylic acids is 1. The minimum absolute atomic E-state index is 0.332. The number of rotatable bonds is 2. The van der Waals surface area contributed by atoms with Crippen molar-refractivity contribution >= 4 is 5.91 Å². The molecule has 2 saturated heterocycles. The molecule has 0 aromatic heterocycles. The molecule has 1 atom stereocenters. The topological polar surface area (TPSA) is 35.6 Å². The first kappa shape index (κ1) is 12.8. The fourth-order valence-electron chi connectivity index (χ4n) is 2.77. The molecule has 17 heavy (non-hydrogen) atoms. The van der Waals surface area contributed by atoms with Crippen LogP contribution in [0, 0.1) is 5.92 Å². The van der Waals surface area contributed by atoms with Gasteiger partial charge in [-0.15, -0.1) is 0 Å². The van der Waals surface area contributed by atoms with E-state index in [0.29, 0.717) is 18.4 Å². The molecule has 1 amide bonds. The van der Waals surface area contributed by atoms with E-state index in [0.717, 1.165) is 45.7 Å². The Hall–Kier alpha value is -0.610. The Morgan fingerprint density at radius 2 is 2.12 bits per heavy atom. The third kappa shape index (κ3) is 3.96. The van der Waals surface area contributed by atoms with Gasteiger partial charge in [0.15, 0.2) is 0 Å². The second kappa shape index (κ2) is 6.36. The zero-order valence-electron chi connectivity index (χ0n) is 11.0. The van der Waals surface area contributed by atoms with E-state index in [1.54, 1.807) is 0 Å². The lowest BCUT2D eigenvalue weighted by molar-refractivity contribution is -0.134. The Morgan fingerprint density at radius 3 is 2.94 bits per heavy atom. The van der Waals surface area contributed by atoms with Gasteiger partial charge in [0.25, 0.3) is 0 Å². The summed E-state index contributed by atoms with van der Waals surface area (Å²) in [7, 11) is 0. The minimum atomic E-state index is 0.332. The number of hydrogen-bond acceptors (Lipinski definition) is 3. The van der Waals surface area contributed by atoms with E-state index in [1.165, 1.54) is 12.8 Å². The van der Waals surface area contributed by atoms with Gasteiger partial charge >= 0.3 is 0 Å². The molecule has 2 aliphatic rings. The zero-order chi connectivity index (χ0) is 12.1. The number of carbonyl (C=O) groups is 1. The fourth-order valence-corrected chi connectivity index (χ4v) is 2.77. The molecule has 2 fully saturated rings. The lowest BCUT2D eigenvalue weighted by Crippen LogP contribution is -2.45. The molecule has 0 spiro atoms. The highest BCUT2D eigenvalue weighted by atomic mass is 16.2. The maximum Gasteiger partial charge on any atom is 0.236 e. The van der Waals surface area contributed by atoms with Gasteiger partial charge in [0.05, 0.1) is 6.54 Å². The van der Waals surface area contributed by atoms with Crippen LogP contribution in [0.15, 0.2) is 0 Å². The molecule has 98 valence electrons. The maximum absolute atomic E-state index is 12.2. The van der Waals surface area contributed by atoms with Gasteiger partial charge in [-0.1, -0.05) is 6.92 Å². The molecule has 4 heteroatoms. The van der Waals surface area contributed by atoms with Gasteiger partial charge in [-0.05, 0) is 38.3 Å². The maximum atomic E-state index is 12.2. The summed E-state index contributed by atoms with van der Waals surface area (Å²) in [6.07, 6.45) is 3.61. The van der Waals surface area contributed by atoms with Crippen LogP contribution in [0.3, 0.4) is 0 Å². The Balaban J connectivity index is 1.78. The van der Waals surface area contributed by atoms with E-state index in [-0.39, 0.29) is 0 Å². The number of nitrogens with zero attached hydrogens (tertiary/aromatic N) is 2. The first-order chi connectivity index (χ1) is 8.25. The lowest BCUT2D eigenvalue weighted by Gasteiger charge is -2.32. The van der Waals surface area contributed by atoms with Crippen LogP contribution in [-0.4, -0.2) is 61.5 Å². The molecule has 0 aliphatic carbocycles. The summed E-state index contributed by atoms with van der Waals surface area (Å²) >= 11 is 0. The van der Waals surface area contributed by atoms with Gasteiger partial charge in [0.1, 0.15) is 0 Å². The van der Waals surface area contributed by atoms with Crippen LogP contribution in [0.5, 0.6) is 0 Å². The zero-order valence-corrected chi connectivity index (χ0v) is 11.0. The molecule has 0 saturated carbocycles. The quantitative estimate of drug-likeness (QED) is 0.764. The Morgan fingerprint density at radius 1 is 1.24 bits per heavy atom. The summed E-state index contributed by atoms with van der Waals surface area (Å²) in [5, 5.41) is 3.37. The highest BCUT2D eigenvalue weighted by Crippen LogP contribution is 2.15. The summed E-state index contributed by atoms with van der Waals surface area (Å²) in [6.45, 7) is 8.97. The van der Waals surface area contributed by atoms with E-state index in [4.69, 9.17) is 0 Å². The van der Waals surface area contributed by atoms with Gasteiger partial charge < -0.3 is 10.2 Å². The number of likely N-dealkylation sites (tertiary alicyclic amines) is 1. The van der Waals surface area contributed by atoms with E-state index in [2.05, 4.69) is 22.0 Å². The molecular formula is C13H25N3O. The second-order valence-electron chi connectivity index (χ2n) is 5.47. The molecule has 0 radical (unpaired) electrons. The van der Waals surface area contributed by atoms with Crippen LogP contribution < -0.4 is 5.32 Å². The molecular weight excluding hydrogens is 214 g/mol. The van der Waals surface area contributed by atoms with Crippen molar-refractivity contribution in [3.05, 3.63) is 0 Å². The molecule has 2 rings (SSSR count). The van der Waals surface area contributed by atoms with Crippen LogP contribution in [0.25, 0.3) is 0 Å². The van der Waals surface area contributed by atoms with E-state index >= 15 is 0 Å². The van der Waals surface area contributed by atoms with Gasteiger partial charge in [0.2, 0.25) is 5.91 Å². The van der Waals surface area contributed by atoms with Crippen molar-refractivity contribution in [3.8, 4) is 0 Å². The Kier molecular flexibility index (Phi) is 4.80. The SMILES string of the molecule is CC1CCCN(C(=O)CN2CCCNCC2)C1.